The molecule has 10 N–H and O–H groups in total. The van der Waals surface area contributed by atoms with Crippen molar-refractivity contribution in [2.24, 2.45) is 5.41 Å². The fourth-order valence-corrected chi connectivity index (χ4v) is 7.29. The van der Waals surface area contributed by atoms with E-state index in [9.17, 15) is 57.9 Å². The minimum absolute atomic E-state index is 0.0309. The minimum Gasteiger partial charge on any atom is -0.386 e. The van der Waals surface area contributed by atoms with Gasteiger partial charge in [0.25, 0.3) is 0 Å². The third-order valence-corrected chi connectivity index (χ3v) is 10.3. The highest BCUT2D eigenvalue weighted by molar-refractivity contribution is 7.61. The van der Waals surface area contributed by atoms with Gasteiger partial charge < -0.3 is 50.9 Å². The lowest BCUT2D eigenvalue weighted by Gasteiger charge is -2.30. The Labute approximate surface area is 289 Å². The molecule has 0 saturated carbocycles. The molecule has 288 valence electrons. The number of imidazole rings is 1. The number of nitrogens with zero attached hydrogens (tertiary/aromatic N) is 4. The van der Waals surface area contributed by atoms with Crippen LogP contribution < -0.4 is 16.4 Å². The number of ether oxygens (including phenoxy) is 1. The topological polar surface area (TPSA) is 364 Å². The monoisotopic (exact) mass is 791 g/mol. The number of phosphoric ester groups is 3. The number of aliphatic hydroxyl groups excluding tert-OH is 2. The van der Waals surface area contributed by atoms with Gasteiger partial charge in [-0.1, -0.05) is 20.8 Å². The van der Waals surface area contributed by atoms with Crippen molar-refractivity contribution in [1.29, 1.82) is 0 Å². The maximum Gasteiger partial charge on any atom is 0.481 e. The van der Waals surface area contributed by atoms with Crippen LogP contribution in [-0.4, -0.2) is 118 Å². The molecule has 7 unspecified atom stereocenters. The number of carbonyl (C=O) groups is 3. The Morgan fingerprint density at radius 1 is 1.04 bits per heavy atom. The van der Waals surface area contributed by atoms with Crippen LogP contribution in [0.4, 0.5) is 5.82 Å². The third kappa shape index (κ3) is 12.4. The normalized spacial score (nSPS) is 22.6. The molecule has 7 atom stereocenters. The summed E-state index contributed by atoms with van der Waals surface area (Å²) in [6.45, 7) is 2.09. The lowest BCUT2D eigenvalue weighted by molar-refractivity contribution is -0.137. The van der Waals surface area contributed by atoms with Gasteiger partial charge in [0, 0.05) is 37.8 Å². The van der Waals surface area contributed by atoms with Crippen molar-refractivity contribution in [3.63, 3.8) is 0 Å². The third-order valence-electron chi connectivity index (χ3n) is 7.20. The van der Waals surface area contributed by atoms with E-state index in [4.69, 9.17) is 19.5 Å². The van der Waals surface area contributed by atoms with Crippen LogP contribution in [0.3, 0.4) is 0 Å². The van der Waals surface area contributed by atoms with Gasteiger partial charge in [0.15, 0.2) is 17.7 Å². The Morgan fingerprint density at radius 3 is 2.33 bits per heavy atom. The molecule has 27 heteroatoms. The number of hydrogen-bond donors (Lipinski definition) is 9. The number of phosphoric acid groups is 3. The van der Waals surface area contributed by atoms with Gasteiger partial charge >= 0.3 is 23.5 Å². The highest BCUT2D eigenvalue weighted by atomic mass is 31.3. The van der Waals surface area contributed by atoms with E-state index in [1.54, 1.807) is 6.92 Å². The number of aliphatic hydroxyl groups is 2. The van der Waals surface area contributed by atoms with Gasteiger partial charge in [-0.3, -0.25) is 32.5 Å². The lowest BCUT2D eigenvalue weighted by Crippen LogP contribution is -2.46. The van der Waals surface area contributed by atoms with Crippen molar-refractivity contribution in [3.05, 3.63) is 12.7 Å². The van der Waals surface area contributed by atoms with Crippen LogP contribution >= 0.6 is 23.5 Å². The SMILES string of the molecule is CCC(=O)CCNC(=O)CCNC(=O)C(O)C(C)(C)COP(=O)(O)OP(=O)(O)OCC1OC(n2cnc3c(N)ncnc32)C(O)C1OP(=O)(O)O. The lowest BCUT2D eigenvalue weighted by atomic mass is 9.87. The van der Waals surface area contributed by atoms with Gasteiger partial charge in [0.05, 0.1) is 19.5 Å². The first-order valence-electron chi connectivity index (χ1n) is 15.0. The predicted molar refractivity (Wildman–Crippen MR) is 170 cm³/mol. The smallest absolute Gasteiger partial charge is 0.386 e. The zero-order valence-electron chi connectivity index (χ0n) is 27.4. The zero-order chi connectivity index (χ0) is 38.4. The first-order chi connectivity index (χ1) is 23.6. The van der Waals surface area contributed by atoms with E-state index in [1.807, 2.05) is 0 Å². The van der Waals surface area contributed by atoms with Crippen LogP contribution in [0.5, 0.6) is 0 Å². The largest absolute Gasteiger partial charge is 0.481 e. The molecule has 3 rings (SSSR count). The second kappa shape index (κ2) is 17.4. The van der Waals surface area contributed by atoms with E-state index in [0.717, 1.165) is 17.2 Å². The molecular formula is C24H40N7O17P3. The second-order valence-corrected chi connectivity index (χ2v) is 15.9. The Kier molecular flexibility index (Phi) is 14.5. The van der Waals surface area contributed by atoms with Crippen molar-refractivity contribution in [3.8, 4) is 0 Å². The Bertz CT molecular complexity index is 1700. The number of Topliss-reactive ketones (excluding diaryl/α,β-unsaturated/α-hetero) is 1. The fourth-order valence-electron chi connectivity index (χ4n) is 4.46. The van der Waals surface area contributed by atoms with Crippen molar-refractivity contribution in [1.82, 2.24) is 30.2 Å². The van der Waals surface area contributed by atoms with Crippen LogP contribution in [0, 0.1) is 5.41 Å². The van der Waals surface area contributed by atoms with Crippen LogP contribution in [-0.2, 0) is 50.7 Å². The number of aromatic nitrogens is 4. The summed E-state index contributed by atoms with van der Waals surface area (Å²) in [4.78, 5) is 86.3. The van der Waals surface area contributed by atoms with E-state index in [1.165, 1.54) is 13.8 Å². The Balaban J connectivity index is 1.56. The highest BCUT2D eigenvalue weighted by Gasteiger charge is 2.50. The molecule has 0 spiro atoms. The van der Waals surface area contributed by atoms with Crippen molar-refractivity contribution >= 4 is 58.0 Å². The highest BCUT2D eigenvalue weighted by Crippen LogP contribution is 2.61. The Hall–Kier alpha value is -2.79. The van der Waals surface area contributed by atoms with Crippen LogP contribution in [0.25, 0.3) is 11.2 Å². The summed E-state index contributed by atoms with van der Waals surface area (Å²) >= 11 is 0. The molecule has 51 heavy (non-hydrogen) atoms. The van der Waals surface area contributed by atoms with Gasteiger partial charge in [0.1, 0.15) is 42.0 Å². The van der Waals surface area contributed by atoms with E-state index >= 15 is 0 Å². The molecular weight excluding hydrogens is 751 g/mol. The molecule has 0 radical (unpaired) electrons. The number of nitrogens with one attached hydrogen (secondary N) is 2. The summed E-state index contributed by atoms with van der Waals surface area (Å²) in [6.07, 6.45) is -6.42. The average Bonchev–Trinajstić information content (AvgIpc) is 3.58. The summed E-state index contributed by atoms with van der Waals surface area (Å²) in [5, 5.41) is 26.1. The summed E-state index contributed by atoms with van der Waals surface area (Å²) in [6, 6.07) is 0. The zero-order valence-corrected chi connectivity index (χ0v) is 30.1. The first-order valence-corrected chi connectivity index (χ1v) is 19.5. The quantitative estimate of drug-likeness (QED) is 0.0709. The standard InChI is InChI=1S/C24H40N7O17P3/c1-4-13(32)5-7-26-15(33)6-8-27-22(36)19(35)24(2,3)10-45-51(42,43)48-50(40,41)44-9-14-18(47-49(37,38)39)17(34)23(46-14)31-12-30-16-20(25)28-11-29-21(16)31/h11-12,14,17-19,23,34-35H,4-10H2,1-3H3,(H,26,33)(H,27,36)(H,40,41)(H,42,43)(H2,25,28,29)(H2,37,38,39). The molecule has 24 nitrogen and oxygen atoms in total. The van der Waals surface area contributed by atoms with Crippen LogP contribution in [0.15, 0.2) is 12.7 Å². The van der Waals surface area contributed by atoms with Gasteiger partial charge in [-0.05, 0) is 0 Å². The minimum atomic E-state index is -5.56. The van der Waals surface area contributed by atoms with E-state index in [0.29, 0.717) is 6.42 Å². The fraction of sp³-hybridized carbons (Fsp3) is 0.667. The number of amides is 2. The summed E-state index contributed by atoms with van der Waals surface area (Å²) in [7, 11) is -16.4. The second-order valence-electron chi connectivity index (χ2n) is 11.7. The summed E-state index contributed by atoms with van der Waals surface area (Å²) < 4.78 is 61.8. The number of nitrogens with two attached hydrogens (primary N) is 1. The number of hydrogen-bond acceptors (Lipinski definition) is 17. The van der Waals surface area contributed by atoms with Gasteiger partial charge in [0.2, 0.25) is 11.8 Å². The number of carbonyl (C=O) groups excluding carboxylic acids is 3. The van der Waals surface area contributed by atoms with Gasteiger partial charge in [-0.25, -0.2) is 28.6 Å². The first kappa shape index (κ1) is 42.6. The van der Waals surface area contributed by atoms with Crippen molar-refractivity contribution in [2.75, 3.05) is 32.0 Å². The molecule has 1 aliphatic heterocycles. The van der Waals surface area contributed by atoms with Crippen molar-refractivity contribution < 1.29 is 80.5 Å². The molecule has 1 saturated heterocycles. The van der Waals surface area contributed by atoms with Crippen LogP contribution in [0.2, 0.25) is 0 Å². The Morgan fingerprint density at radius 2 is 1.69 bits per heavy atom. The molecule has 0 bridgehead atoms. The van der Waals surface area contributed by atoms with Crippen LogP contribution in [0.1, 0.15) is 46.3 Å². The number of anilines is 1. The molecule has 2 amide bonds. The molecule has 0 aliphatic carbocycles. The van der Waals surface area contributed by atoms with E-state index < -0.39 is 84.6 Å². The molecule has 1 aliphatic rings. The molecule has 2 aromatic rings. The number of ketones is 1. The predicted octanol–water partition coefficient (Wildman–Crippen LogP) is -1.23. The summed E-state index contributed by atoms with van der Waals surface area (Å²) in [5.41, 5.74) is 4.26. The summed E-state index contributed by atoms with van der Waals surface area (Å²) in [5.74, 6) is -1.52. The number of fused-ring (bicyclic) bond motifs is 1. The maximum absolute atomic E-state index is 12.6. The average molecular weight is 792 g/mol. The van der Waals surface area contributed by atoms with E-state index in [-0.39, 0.29) is 48.7 Å². The van der Waals surface area contributed by atoms with E-state index in [2.05, 4.69) is 34.4 Å². The molecule has 1 fully saturated rings. The van der Waals surface area contributed by atoms with Gasteiger partial charge in [-0.15, -0.1) is 0 Å². The molecule has 3 heterocycles. The number of nitrogen functional groups attached to an aromatic ring is 1. The maximum atomic E-state index is 12.6. The van der Waals surface area contributed by atoms with Gasteiger partial charge in [-0.2, -0.15) is 4.31 Å². The number of rotatable bonds is 20. The molecule has 0 aromatic carbocycles. The van der Waals surface area contributed by atoms with Crippen molar-refractivity contribution in [2.45, 2.75) is 70.7 Å². The molecule has 2 aromatic heterocycles.